The smallest absolute Gasteiger partial charge is 0.331 e. The first kappa shape index (κ1) is 16.5. The number of thiol groups is 1. The molecule has 3 N–H and O–H groups in total. The number of urea groups is 1. The lowest BCUT2D eigenvalue weighted by atomic mass is 10.2. The van der Waals surface area contributed by atoms with Crippen molar-refractivity contribution in [3.05, 3.63) is 23.8 Å². The molecule has 0 bridgehead atoms. The van der Waals surface area contributed by atoms with E-state index in [4.69, 9.17) is 0 Å². The van der Waals surface area contributed by atoms with Crippen molar-refractivity contribution < 1.29 is 4.79 Å². The van der Waals surface area contributed by atoms with Gasteiger partial charge >= 0.3 is 6.03 Å². The largest absolute Gasteiger partial charge is 0.354 e. The molecule has 0 saturated carbocycles. The third kappa shape index (κ3) is 3.71. The minimum atomic E-state index is -0.289. The molecule has 1 aromatic carbocycles. The lowest BCUT2D eigenvalue weighted by Gasteiger charge is -2.17. The summed E-state index contributed by atoms with van der Waals surface area (Å²) in [5.41, 5.74) is 2.63. The summed E-state index contributed by atoms with van der Waals surface area (Å²) in [6.45, 7) is 3.73. The van der Waals surface area contributed by atoms with Crippen molar-refractivity contribution in [2.45, 2.75) is 6.92 Å². The minimum Gasteiger partial charge on any atom is -0.354 e. The minimum absolute atomic E-state index is 0. The maximum atomic E-state index is 11.5. The van der Waals surface area contributed by atoms with Gasteiger partial charge in [0.05, 0.1) is 5.69 Å². The number of amides is 2. The highest BCUT2D eigenvalue weighted by atomic mass is 35.5. The van der Waals surface area contributed by atoms with Gasteiger partial charge in [-0.15, -0.1) is 12.4 Å². The predicted molar refractivity (Wildman–Crippen MR) is 87.4 cm³/mol. The van der Waals surface area contributed by atoms with Gasteiger partial charge in [0, 0.05) is 25.8 Å². The van der Waals surface area contributed by atoms with Crippen LogP contribution in [0.3, 0.4) is 0 Å². The number of carbonyl (C=O) groups excluding carboxylic acids is 1. The Bertz CT molecular complexity index is 515. The van der Waals surface area contributed by atoms with Crippen LogP contribution >= 0.6 is 25.2 Å². The number of hydrogen-bond acceptors (Lipinski definition) is 3. The number of aliphatic imine (C=N–C) groups is 1. The summed E-state index contributed by atoms with van der Waals surface area (Å²) in [5.74, 6) is 0.765. The van der Waals surface area contributed by atoms with Crippen molar-refractivity contribution in [1.29, 1.82) is 0 Å². The number of benzene rings is 1. The Morgan fingerprint density at radius 2 is 2.05 bits per heavy atom. The second-order valence-corrected chi connectivity index (χ2v) is 4.48. The number of halogens is 1. The van der Waals surface area contributed by atoms with Gasteiger partial charge in [-0.1, -0.05) is 18.9 Å². The van der Waals surface area contributed by atoms with Crippen LogP contribution in [0.25, 0.3) is 0 Å². The van der Waals surface area contributed by atoms with Crippen molar-refractivity contribution in [3.8, 4) is 0 Å². The van der Waals surface area contributed by atoms with E-state index < -0.39 is 0 Å². The topological polar surface area (TPSA) is 68.8 Å². The van der Waals surface area contributed by atoms with E-state index in [9.17, 15) is 4.79 Å². The van der Waals surface area contributed by atoms with Crippen LogP contribution < -0.4 is 20.3 Å². The van der Waals surface area contributed by atoms with E-state index >= 15 is 0 Å². The number of carbonyl (C=O) groups is 1. The summed E-state index contributed by atoms with van der Waals surface area (Å²) in [7, 11) is 1.68. The average molecular weight is 316 g/mol. The number of nitrogens with one attached hydrogen (secondary N) is 3. The Balaban J connectivity index is 0.00000200. The number of hydrogen-bond donors (Lipinski definition) is 4. The molecule has 1 heterocycles. The van der Waals surface area contributed by atoms with Crippen LogP contribution in [0.1, 0.15) is 5.56 Å². The highest BCUT2D eigenvalue weighted by Crippen LogP contribution is 2.25. The Morgan fingerprint density at radius 3 is 2.65 bits per heavy atom. The Kier molecular flexibility index (Phi) is 5.97. The van der Waals surface area contributed by atoms with E-state index in [1.807, 2.05) is 25.1 Å². The standard InChI is InChI=1S/C12H17N5OS.ClH/c1-8-3-4-9(17(2)12(18)16-19)7-10(8)15-11-13-5-6-14-11;/h3-4,7,19H,5-6H2,1-2H3,(H,16,18)(H2,13,14,15);1H. The fourth-order valence-electron chi connectivity index (χ4n) is 1.74. The van der Waals surface area contributed by atoms with E-state index in [0.29, 0.717) is 0 Å². The molecule has 2 amide bonds. The molecule has 0 spiro atoms. The van der Waals surface area contributed by atoms with Crippen molar-refractivity contribution in [3.63, 3.8) is 0 Å². The van der Waals surface area contributed by atoms with Gasteiger partial charge in [-0.3, -0.25) is 9.62 Å². The monoisotopic (exact) mass is 315 g/mol. The summed E-state index contributed by atoms with van der Waals surface area (Å²) in [5, 5.41) is 6.30. The highest BCUT2D eigenvalue weighted by molar-refractivity contribution is 7.78. The van der Waals surface area contributed by atoms with E-state index in [1.54, 1.807) is 7.05 Å². The maximum absolute atomic E-state index is 11.5. The molecule has 0 aliphatic carbocycles. The summed E-state index contributed by atoms with van der Waals surface area (Å²) in [6.07, 6.45) is 0. The zero-order valence-corrected chi connectivity index (χ0v) is 13.0. The molecule has 8 heteroatoms. The molecule has 1 aromatic rings. The van der Waals surface area contributed by atoms with Crippen LogP contribution in [0.2, 0.25) is 0 Å². The van der Waals surface area contributed by atoms with Crippen molar-refractivity contribution >= 4 is 48.6 Å². The summed E-state index contributed by atoms with van der Waals surface area (Å²) >= 11 is 3.76. The molecular weight excluding hydrogens is 298 g/mol. The Hall–Kier alpha value is -1.60. The predicted octanol–water partition coefficient (Wildman–Crippen LogP) is 1.59. The second kappa shape index (κ2) is 7.25. The van der Waals surface area contributed by atoms with Gasteiger partial charge < -0.3 is 10.6 Å². The number of nitrogens with zero attached hydrogens (tertiary/aromatic N) is 2. The van der Waals surface area contributed by atoms with Crippen LogP contribution in [0, 0.1) is 6.92 Å². The van der Waals surface area contributed by atoms with Gasteiger partial charge in [0.2, 0.25) is 0 Å². The number of guanidine groups is 1. The molecular formula is C12H18ClN5OS. The third-order valence-corrected chi connectivity index (χ3v) is 3.11. The Labute approximate surface area is 130 Å². The van der Waals surface area contributed by atoms with Gasteiger partial charge in [-0.2, -0.15) is 0 Å². The van der Waals surface area contributed by atoms with E-state index in [1.165, 1.54) is 4.90 Å². The van der Waals surface area contributed by atoms with Crippen LogP contribution in [0.4, 0.5) is 16.2 Å². The lowest BCUT2D eigenvalue weighted by molar-refractivity contribution is 0.253. The van der Waals surface area contributed by atoms with E-state index in [-0.39, 0.29) is 18.4 Å². The zero-order chi connectivity index (χ0) is 13.8. The average Bonchev–Trinajstić information content (AvgIpc) is 2.92. The van der Waals surface area contributed by atoms with Crippen LogP contribution in [-0.4, -0.2) is 32.1 Å². The van der Waals surface area contributed by atoms with E-state index in [2.05, 4.69) is 33.2 Å². The van der Waals surface area contributed by atoms with Gasteiger partial charge in [0.15, 0.2) is 5.96 Å². The summed E-state index contributed by atoms with van der Waals surface area (Å²) in [6, 6.07) is 5.39. The van der Waals surface area contributed by atoms with Crippen LogP contribution in [-0.2, 0) is 0 Å². The SMILES string of the molecule is Cc1ccc(N(C)C(=O)NS)cc1N=C1NCCN1.Cl. The molecule has 2 rings (SSSR count). The van der Waals surface area contributed by atoms with Crippen LogP contribution in [0.15, 0.2) is 23.2 Å². The number of rotatable bonds is 2. The van der Waals surface area contributed by atoms with Crippen molar-refractivity contribution in [2.24, 2.45) is 4.99 Å². The molecule has 6 nitrogen and oxygen atoms in total. The maximum Gasteiger partial charge on any atom is 0.331 e. The molecule has 0 aromatic heterocycles. The van der Waals surface area contributed by atoms with Gasteiger partial charge in [-0.25, -0.2) is 9.79 Å². The van der Waals surface area contributed by atoms with Gasteiger partial charge in [0.1, 0.15) is 0 Å². The molecule has 20 heavy (non-hydrogen) atoms. The van der Waals surface area contributed by atoms with Crippen molar-refractivity contribution in [2.75, 3.05) is 25.0 Å². The quantitative estimate of drug-likeness (QED) is 0.627. The molecule has 110 valence electrons. The van der Waals surface area contributed by atoms with Crippen molar-refractivity contribution in [1.82, 2.24) is 15.4 Å². The molecule has 0 atom stereocenters. The molecule has 0 radical (unpaired) electrons. The molecule has 1 aliphatic heterocycles. The van der Waals surface area contributed by atoms with E-state index in [0.717, 1.165) is 36.0 Å². The Morgan fingerprint density at radius 1 is 1.40 bits per heavy atom. The molecule has 1 aliphatic rings. The first-order chi connectivity index (χ1) is 9.11. The van der Waals surface area contributed by atoms with Gasteiger partial charge in [0.25, 0.3) is 0 Å². The highest BCUT2D eigenvalue weighted by Gasteiger charge is 2.11. The summed E-state index contributed by atoms with van der Waals surface area (Å²) in [4.78, 5) is 17.5. The fraction of sp³-hybridized carbons (Fsp3) is 0.333. The number of anilines is 1. The van der Waals surface area contributed by atoms with Crippen LogP contribution in [0.5, 0.6) is 0 Å². The third-order valence-electron chi connectivity index (χ3n) is 2.92. The van der Waals surface area contributed by atoms with Gasteiger partial charge in [-0.05, 0) is 24.6 Å². The lowest BCUT2D eigenvalue weighted by Crippen LogP contribution is -2.32. The first-order valence-corrected chi connectivity index (χ1v) is 6.41. The molecule has 0 unspecified atom stereocenters. The normalized spacial score (nSPS) is 12.8. The number of aryl methyl sites for hydroxylation is 1. The molecule has 1 saturated heterocycles. The first-order valence-electron chi connectivity index (χ1n) is 5.96. The molecule has 1 fully saturated rings. The zero-order valence-electron chi connectivity index (χ0n) is 11.3. The fourth-order valence-corrected chi connectivity index (χ4v) is 1.89. The second-order valence-electron chi connectivity index (χ2n) is 4.26. The summed E-state index contributed by atoms with van der Waals surface area (Å²) < 4.78 is 2.29.